The van der Waals surface area contributed by atoms with Crippen LogP contribution in [0.5, 0.6) is 0 Å². The van der Waals surface area contributed by atoms with E-state index in [-0.39, 0.29) is 12.3 Å². The van der Waals surface area contributed by atoms with E-state index in [2.05, 4.69) is 11.9 Å². The van der Waals surface area contributed by atoms with Crippen molar-refractivity contribution in [1.29, 1.82) is 0 Å². The predicted molar refractivity (Wildman–Crippen MR) is 58.4 cm³/mol. The zero-order chi connectivity index (χ0) is 12.5. The van der Waals surface area contributed by atoms with E-state index >= 15 is 0 Å². The highest BCUT2D eigenvalue weighted by molar-refractivity contribution is 6.19. The molecule has 0 aromatic carbocycles. The molecule has 1 aliphatic rings. The van der Waals surface area contributed by atoms with Crippen molar-refractivity contribution in [3.8, 4) is 0 Å². The Morgan fingerprint density at radius 3 is 2.44 bits per heavy atom. The van der Waals surface area contributed by atoms with Crippen LogP contribution in [0.15, 0.2) is 12.7 Å². The minimum absolute atomic E-state index is 0.200. The minimum atomic E-state index is -1.20. The van der Waals surface area contributed by atoms with E-state index in [9.17, 15) is 14.4 Å². The summed E-state index contributed by atoms with van der Waals surface area (Å²) in [6, 6.07) is -0.671. The van der Waals surface area contributed by atoms with Crippen LogP contribution in [0.4, 0.5) is 4.79 Å². The van der Waals surface area contributed by atoms with Gasteiger partial charge in [0.15, 0.2) is 0 Å². The molecule has 1 atom stereocenters. The first kappa shape index (κ1) is 12.4. The molecule has 5 nitrogen and oxygen atoms in total. The summed E-state index contributed by atoms with van der Waals surface area (Å²) in [7, 11) is 1.37. The lowest BCUT2D eigenvalue weighted by atomic mass is 9.71. The number of imide groups is 2. The molecule has 0 aromatic heterocycles. The third-order valence-electron chi connectivity index (χ3n) is 3.07. The van der Waals surface area contributed by atoms with Crippen LogP contribution in [0.2, 0.25) is 0 Å². The Morgan fingerprint density at radius 2 is 2.00 bits per heavy atom. The Balaban J connectivity index is 3.25. The molecule has 0 aromatic rings. The Labute approximate surface area is 94.5 Å². The summed E-state index contributed by atoms with van der Waals surface area (Å²) in [5.41, 5.74) is -1.20. The molecular weight excluding hydrogens is 208 g/mol. The van der Waals surface area contributed by atoms with E-state index in [0.717, 1.165) is 4.90 Å². The third-order valence-corrected chi connectivity index (χ3v) is 3.07. The molecule has 0 aliphatic carbocycles. The van der Waals surface area contributed by atoms with Gasteiger partial charge < -0.3 is 0 Å². The number of hydrogen-bond acceptors (Lipinski definition) is 3. The standard InChI is InChI=1S/C11H16N2O3/c1-5-6-11(7(2)3)8(14)12-10(16)13(4)9(11)15/h5,7H,1,6H2,2-4H3,(H,12,14,16)/t11-/m0/s1. The minimum Gasteiger partial charge on any atom is -0.277 e. The van der Waals surface area contributed by atoms with Crippen molar-refractivity contribution in [2.75, 3.05) is 7.05 Å². The number of hydrogen-bond donors (Lipinski definition) is 1. The summed E-state index contributed by atoms with van der Waals surface area (Å²) < 4.78 is 0. The van der Waals surface area contributed by atoms with Crippen molar-refractivity contribution in [2.45, 2.75) is 20.3 Å². The van der Waals surface area contributed by atoms with Crippen LogP contribution in [0.25, 0.3) is 0 Å². The molecule has 5 heteroatoms. The van der Waals surface area contributed by atoms with Gasteiger partial charge in [0.05, 0.1) is 0 Å². The molecule has 1 N–H and O–H groups in total. The van der Waals surface area contributed by atoms with Gasteiger partial charge in [0, 0.05) is 7.05 Å². The Bertz CT molecular complexity index is 362. The molecule has 16 heavy (non-hydrogen) atoms. The molecule has 0 bridgehead atoms. The molecule has 1 saturated heterocycles. The van der Waals surface area contributed by atoms with Gasteiger partial charge >= 0.3 is 6.03 Å². The van der Waals surface area contributed by atoms with Gasteiger partial charge in [0.1, 0.15) is 5.41 Å². The van der Waals surface area contributed by atoms with Crippen molar-refractivity contribution in [2.24, 2.45) is 11.3 Å². The maximum atomic E-state index is 12.1. The van der Waals surface area contributed by atoms with Crippen LogP contribution in [-0.2, 0) is 9.59 Å². The van der Waals surface area contributed by atoms with Crippen molar-refractivity contribution in [3.63, 3.8) is 0 Å². The second-order valence-corrected chi connectivity index (χ2v) is 4.24. The van der Waals surface area contributed by atoms with Crippen LogP contribution in [0.1, 0.15) is 20.3 Å². The molecule has 1 fully saturated rings. The number of carbonyl (C=O) groups excluding carboxylic acids is 3. The van der Waals surface area contributed by atoms with Gasteiger partial charge in [-0.1, -0.05) is 19.9 Å². The van der Waals surface area contributed by atoms with Gasteiger partial charge in [-0.15, -0.1) is 6.58 Å². The molecule has 0 unspecified atom stereocenters. The number of allylic oxidation sites excluding steroid dienone is 1. The average Bonchev–Trinajstić information content (AvgIpc) is 2.21. The number of nitrogens with one attached hydrogen (secondary N) is 1. The second kappa shape index (κ2) is 4.08. The van der Waals surface area contributed by atoms with Gasteiger partial charge in [-0.05, 0) is 12.3 Å². The summed E-state index contributed by atoms with van der Waals surface area (Å²) in [5, 5.41) is 2.20. The average molecular weight is 224 g/mol. The van der Waals surface area contributed by atoms with Gasteiger partial charge in [0.2, 0.25) is 11.8 Å². The first-order chi connectivity index (χ1) is 7.37. The van der Waals surface area contributed by atoms with E-state index in [1.807, 2.05) is 0 Å². The Hall–Kier alpha value is -1.65. The maximum Gasteiger partial charge on any atom is 0.330 e. The highest BCUT2D eigenvalue weighted by atomic mass is 16.2. The largest absolute Gasteiger partial charge is 0.330 e. The number of barbiturate groups is 1. The first-order valence-corrected chi connectivity index (χ1v) is 5.12. The first-order valence-electron chi connectivity index (χ1n) is 5.12. The summed E-state index contributed by atoms with van der Waals surface area (Å²) in [5.74, 6) is -1.19. The molecule has 1 heterocycles. The van der Waals surface area contributed by atoms with Gasteiger partial charge in [-0.2, -0.15) is 0 Å². The normalized spacial score (nSPS) is 26.0. The Morgan fingerprint density at radius 1 is 1.44 bits per heavy atom. The lowest BCUT2D eigenvalue weighted by Crippen LogP contribution is -2.64. The number of nitrogens with zero attached hydrogens (tertiary/aromatic N) is 1. The van der Waals surface area contributed by atoms with E-state index in [1.54, 1.807) is 13.8 Å². The quantitative estimate of drug-likeness (QED) is 0.572. The fourth-order valence-corrected chi connectivity index (χ4v) is 1.93. The summed E-state index contributed by atoms with van der Waals surface area (Å²) >= 11 is 0. The fraction of sp³-hybridized carbons (Fsp3) is 0.545. The molecule has 88 valence electrons. The van der Waals surface area contributed by atoms with E-state index in [1.165, 1.54) is 13.1 Å². The number of urea groups is 1. The van der Waals surface area contributed by atoms with Crippen LogP contribution in [0, 0.1) is 11.3 Å². The van der Waals surface area contributed by atoms with Gasteiger partial charge in [-0.25, -0.2) is 4.79 Å². The molecule has 1 rings (SSSR count). The van der Waals surface area contributed by atoms with Crippen molar-refractivity contribution in [1.82, 2.24) is 10.2 Å². The zero-order valence-electron chi connectivity index (χ0n) is 9.74. The summed E-state index contributed by atoms with van der Waals surface area (Å²) in [6.45, 7) is 7.12. The number of rotatable bonds is 3. The Kier molecular flexibility index (Phi) is 3.16. The number of amides is 4. The van der Waals surface area contributed by atoms with Crippen molar-refractivity contribution >= 4 is 17.8 Å². The molecule has 0 radical (unpaired) electrons. The SMILES string of the molecule is C=CC[C@]1(C(C)C)C(=O)NC(=O)N(C)C1=O. The molecule has 1 aliphatic heterocycles. The topological polar surface area (TPSA) is 66.5 Å². The van der Waals surface area contributed by atoms with Crippen molar-refractivity contribution < 1.29 is 14.4 Å². The van der Waals surface area contributed by atoms with Crippen molar-refractivity contribution in [3.05, 3.63) is 12.7 Å². The molecule has 0 spiro atoms. The zero-order valence-corrected chi connectivity index (χ0v) is 9.74. The smallest absolute Gasteiger partial charge is 0.277 e. The van der Waals surface area contributed by atoms with E-state index in [4.69, 9.17) is 0 Å². The third kappa shape index (κ3) is 1.52. The van der Waals surface area contributed by atoms with Crippen LogP contribution < -0.4 is 5.32 Å². The van der Waals surface area contributed by atoms with Crippen LogP contribution in [-0.4, -0.2) is 29.8 Å². The lowest BCUT2D eigenvalue weighted by Gasteiger charge is -2.39. The van der Waals surface area contributed by atoms with E-state index < -0.39 is 23.3 Å². The monoisotopic (exact) mass is 224 g/mol. The lowest BCUT2D eigenvalue weighted by molar-refractivity contribution is -0.153. The molecular formula is C11H16N2O3. The van der Waals surface area contributed by atoms with Gasteiger partial charge in [0.25, 0.3) is 0 Å². The maximum absolute atomic E-state index is 12.1. The predicted octanol–water partition coefficient (Wildman–Crippen LogP) is 0.913. The van der Waals surface area contributed by atoms with Crippen LogP contribution in [0.3, 0.4) is 0 Å². The fourth-order valence-electron chi connectivity index (χ4n) is 1.93. The highest BCUT2D eigenvalue weighted by Crippen LogP contribution is 2.36. The second-order valence-electron chi connectivity index (χ2n) is 4.24. The summed E-state index contributed by atoms with van der Waals surface area (Å²) in [6.07, 6.45) is 1.76. The molecule has 0 saturated carbocycles. The molecule has 4 amide bonds. The number of carbonyl (C=O) groups is 3. The van der Waals surface area contributed by atoms with Crippen LogP contribution >= 0.6 is 0 Å². The van der Waals surface area contributed by atoms with Gasteiger partial charge in [-0.3, -0.25) is 19.8 Å². The summed E-state index contributed by atoms with van der Waals surface area (Å²) in [4.78, 5) is 36.2. The van der Waals surface area contributed by atoms with E-state index in [0.29, 0.717) is 0 Å². The highest BCUT2D eigenvalue weighted by Gasteiger charge is 2.53.